The number of aromatic nitrogens is 3. The molecule has 0 saturated heterocycles. The molecule has 4 unspecified atom stereocenters. The van der Waals surface area contributed by atoms with Crippen LogP contribution < -0.4 is 5.30 Å². The van der Waals surface area contributed by atoms with Crippen molar-refractivity contribution in [2.24, 2.45) is 5.92 Å². The number of rotatable bonds is 8. The van der Waals surface area contributed by atoms with Crippen LogP contribution in [-0.2, 0) is 4.57 Å². The van der Waals surface area contributed by atoms with Crippen LogP contribution in [0.25, 0.3) is 55.8 Å². The fourth-order valence-corrected chi connectivity index (χ4v) is 11.7. The Balaban J connectivity index is 1.05. The maximum Gasteiger partial charge on any atom is 0.164 e. The maximum atomic E-state index is 15.2. The van der Waals surface area contributed by atoms with Crippen molar-refractivity contribution in [1.82, 2.24) is 15.0 Å². The van der Waals surface area contributed by atoms with Crippen LogP contribution in [0.15, 0.2) is 187 Å². The third kappa shape index (κ3) is 6.78. The van der Waals surface area contributed by atoms with Gasteiger partial charge in [0.25, 0.3) is 0 Å². The number of hydrogen-bond donors (Lipinski definition) is 0. The largest absolute Gasteiger partial charge is 0.313 e. The second-order valence-corrected chi connectivity index (χ2v) is 17.7. The summed E-state index contributed by atoms with van der Waals surface area (Å²) in [6.07, 6.45) is 21.9. The van der Waals surface area contributed by atoms with Gasteiger partial charge >= 0.3 is 0 Å². The van der Waals surface area contributed by atoms with Gasteiger partial charge in [0, 0.05) is 28.0 Å². The monoisotopic (exact) mass is 749 g/mol. The molecule has 9 rings (SSSR count). The molecule has 3 aliphatic carbocycles. The first kappa shape index (κ1) is 35.7. The average molecular weight is 750 g/mol. The lowest BCUT2D eigenvalue weighted by molar-refractivity contribution is 0.568. The SMILES string of the molecule is CC1C=CC=CC1P(=O)(C1=CC=CCC1)c1ccc(-c2ccc(-c3ccc(-c4nc(-c5ccccc5)nc(C5C=CC(F)=CC5)n4)c4ccccc34)cc2)cc1. The third-order valence-corrected chi connectivity index (χ3v) is 15.0. The van der Waals surface area contributed by atoms with E-state index in [9.17, 15) is 4.39 Å². The number of hydrogen-bond acceptors (Lipinski definition) is 4. The van der Waals surface area contributed by atoms with Crippen molar-refractivity contribution in [3.05, 3.63) is 193 Å². The predicted octanol–water partition coefficient (Wildman–Crippen LogP) is 12.9. The quantitative estimate of drug-likeness (QED) is 0.145. The standard InChI is InChI=1S/C50H41FN3OP/c1-34-12-8-11-19-47(34)56(55,41-15-6-3-7-16-41)42-30-26-36(27-31-42)35-20-22-37(23-21-35)43-32-33-46(45-18-10-9-17-44(43)45)50-53-48(38-13-4-2-5-14-38)52-49(54-50)39-24-28-40(51)29-25-39/h2-6,8-15,17-24,26-34,39,47H,7,16,25H2,1H3. The van der Waals surface area contributed by atoms with E-state index in [1.54, 1.807) is 6.08 Å². The summed E-state index contributed by atoms with van der Waals surface area (Å²) >= 11 is 0. The van der Waals surface area contributed by atoms with E-state index in [0.717, 1.165) is 67.6 Å². The van der Waals surface area contributed by atoms with Gasteiger partial charge in [-0.3, -0.25) is 0 Å². The van der Waals surface area contributed by atoms with Crippen molar-refractivity contribution in [2.75, 3.05) is 0 Å². The van der Waals surface area contributed by atoms with Crippen LogP contribution in [0.2, 0.25) is 0 Å². The minimum Gasteiger partial charge on any atom is -0.313 e. The summed E-state index contributed by atoms with van der Waals surface area (Å²) in [5.74, 6) is 1.61. The summed E-state index contributed by atoms with van der Waals surface area (Å²) in [5.41, 5.74) is 6.16. The highest BCUT2D eigenvalue weighted by atomic mass is 31.2. The number of halogens is 1. The molecule has 0 N–H and O–H groups in total. The van der Waals surface area contributed by atoms with Gasteiger partial charge in [0.2, 0.25) is 0 Å². The Morgan fingerprint density at radius 1 is 0.643 bits per heavy atom. The second kappa shape index (κ2) is 15.2. The zero-order chi connectivity index (χ0) is 38.1. The van der Waals surface area contributed by atoms with E-state index in [0.29, 0.717) is 23.9 Å². The van der Waals surface area contributed by atoms with E-state index in [4.69, 9.17) is 15.0 Å². The van der Waals surface area contributed by atoms with Gasteiger partial charge in [-0.05, 0) is 81.7 Å². The molecule has 1 aromatic heterocycles. The van der Waals surface area contributed by atoms with Gasteiger partial charge in [0.05, 0.1) is 0 Å². The van der Waals surface area contributed by atoms with E-state index in [-0.39, 0.29) is 23.3 Å². The summed E-state index contributed by atoms with van der Waals surface area (Å²) in [4.78, 5) is 14.9. The predicted molar refractivity (Wildman–Crippen MR) is 230 cm³/mol. The van der Waals surface area contributed by atoms with Crippen LogP contribution in [0.5, 0.6) is 0 Å². The first-order valence-corrected chi connectivity index (χ1v) is 21.1. The molecule has 1 heterocycles. The van der Waals surface area contributed by atoms with Crippen molar-refractivity contribution in [2.45, 2.75) is 37.8 Å². The lowest BCUT2D eigenvalue weighted by Gasteiger charge is -2.33. The molecule has 0 saturated carbocycles. The first-order valence-electron chi connectivity index (χ1n) is 19.4. The molecule has 5 aromatic carbocycles. The lowest BCUT2D eigenvalue weighted by atomic mass is 9.93. The fourth-order valence-electron chi connectivity index (χ4n) is 8.20. The number of nitrogens with zero attached hydrogens (tertiary/aromatic N) is 3. The highest BCUT2D eigenvalue weighted by molar-refractivity contribution is 7.76. The zero-order valence-corrected chi connectivity index (χ0v) is 32.1. The highest BCUT2D eigenvalue weighted by Gasteiger charge is 2.39. The molecule has 56 heavy (non-hydrogen) atoms. The molecule has 6 aromatic rings. The molecule has 0 bridgehead atoms. The summed E-state index contributed by atoms with van der Waals surface area (Å²) < 4.78 is 29.1. The number of benzene rings is 5. The van der Waals surface area contributed by atoms with Gasteiger partial charge in [-0.1, -0.05) is 165 Å². The van der Waals surface area contributed by atoms with Gasteiger partial charge in [-0.15, -0.1) is 0 Å². The van der Waals surface area contributed by atoms with Gasteiger partial charge in [-0.25, -0.2) is 19.3 Å². The topological polar surface area (TPSA) is 55.7 Å². The molecule has 274 valence electrons. The van der Waals surface area contributed by atoms with Crippen LogP contribution >= 0.6 is 7.14 Å². The van der Waals surface area contributed by atoms with Gasteiger partial charge in [-0.2, -0.15) is 0 Å². The molecule has 3 aliphatic rings. The molecule has 0 fully saturated rings. The minimum absolute atomic E-state index is 0.0490. The lowest BCUT2D eigenvalue weighted by Crippen LogP contribution is -2.24. The third-order valence-electron chi connectivity index (χ3n) is 11.2. The summed E-state index contributed by atoms with van der Waals surface area (Å²) in [5, 5.41) is 4.12. The van der Waals surface area contributed by atoms with E-state index in [1.807, 2.05) is 48.6 Å². The summed E-state index contributed by atoms with van der Waals surface area (Å²) in [7, 11) is -2.88. The molecule has 4 atom stereocenters. The number of allylic oxidation sites excluding steroid dienone is 12. The smallest absolute Gasteiger partial charge is 0.164 e. The fraction of sp³-hybridized carbons (Fsp3) is 0.140. The van der Waals surface area contributed by atoms with E-state index >= 15 is 4.57 Å². The molecule has 0 amide bonds. The molecular formula is C50H41FN3OP. The molecule has 0 spiro atoms. The van der Waals surface area contributed by atoms with Crippen LogP contribution in [0, 0.1) is 5.92 Å². The Labute approximate surface area is 327 Å². The highest BCUT2D eigenvalue weighted by Crippen LogP contribution is 2.62. The zero-order valence-electron chi connectivity index (χ0n) is 31.2. The van der Waals surface area contributed by atoms with E-state index in [1.165, 1.54) is 6.08 Å². The Hall–Kier alpha value is -6.03. The van der Waals surface area contributed by atoms with Crippen molar-refractivity contribution in [3.63, 3.8) is 0 Å². The van der Waals surface area contributed by atoms with Crippen LogP contribution in [-0.4, -0.2) is 20.6 Å². The van der Waals surface area contributed by atoms with Gasteiger partial charge in [0.1, 0.15) is 18.8 Å². The Kier molecular flexibility index (Phi) is 9.71. The second-order valence-electron chi connectivity index (χ2n) is 14.7. The normalized spacial score (nSPS) is 20.1. The first-order chi connectivity index (χ1) is 27.5. The Morgan fingerprint density at radius 3 is 2.00 bits per heavy atom. The van der Waals surface area contributed by atoms with Crippen LogP contribution in [0.1, 0.15) is 37.9 Å². The maximum absolute atomic E-state index is 15.2. The van der Waals surface area contributed by atoms with Crippen molar-refractivity contribution in [1.29, 1.82) is 0 Å². The molecule has 6 heteroatoms. The summed E-state index contributed by atoms with van der Waals surface area (Å²) in [6, 6.07) is 39.6. The van der Waals surface area contributed by atoms with Crippen LogP contribution in [0.3, 0.4) is 0 Å². The van der Waals surface area contributed by atoms with E-state index in [2.05, 4.69) is 122 Å². The van der Waals surface area contributed by atoms with Crippen LogP contribution in [0.4, 0.5) is 4.39 Å². The molecular weight excluding hydrogens is 709 g/mol. The Morgan fingerprint density at radius 2 is 1.30 bits per heavy atom. The van der Waals surface area contributed by atoms with Gasteiger partial charge in [0.15, 0.2) is 11.6 Å². The summed E-state index contributed by atoms with van der Waals surface area (Å²) in [6.45, 7) is 2.17. The van der Waals surface area contributed by atoms with Crippen molar-refractivity contribution in [3.8, 4) is 45.0 Å². The molecule has 0 aliphatic heterocycles. The molecule has 0 radical (unpaired) electrons. The van der Waals surface area contributed by atoms with Crippen molar-refractivity contribution < 1.29 is 8.96 Å². The number of fused-ring (bicyclic) bond motifs is 1. The van der Waals surface area contributed by atoms with E-state index < -0.39 is 7.14 Å². The minimum atomic E-state index is -2.88. The van der Waals surface area contributed by atoms with Gasteiger partial charge < -0.3 is 4.57 Å². The molecule has 4 nitrogen and oxygen atoms in total. The Bertz CT molecular complexity index is 2670. The van der Waals surface area contributed by atoms with Crippen molar-refractivity contribution >= 4 is 23.2 Å². The average Bonchev–Trinajstić information content (AvgIpc) is 3.27.